The van der Waals surface area contributed by atoms with Gasteiger partial charge in [0.25, 0.3) is 5.91 Å². The predicted octanol–water partition coefficient (Wildman–Crippen LogP) is 12.8. The molecule has 0 bridgehead atoms. The van der Waals surface area contributed by atoms with Crippen LogP contribution in [0.3, 0.4) is 0 Å². The van der Waals surface area contributed by atoms with Gasteiger partial charge in [-0.2, -0.15) is 0 Å². The third-order valence-corrected chi connectivity index (χ3v) is 19.9. The summed E-state index contributed by atoms with van der Waals surface area (Å²) < 4.78 is 22.6. The van der Waals surface area contributed by atoms with Crippen molar-refractivity contribution in [2.75, 3.05) is 37.9 Å². The van der Waals surface area contributed by atoms with Crippen molar-refractivity contribution in [1.82, 2.24) is 10.4 Å². The zero-order valence-electron chi connectivity index (χ0n) is 43.8. The molecule has 3 aromatic carbocycles. The summed E-state index contributed by atoms with van der Waals surface area (Å²) >= 11 is 0. The van der Waals surface area contributed by atoms with Crippen LogP contribution in [0.5, 0.6) is 0 Å². The van der Waals surface area contributed by atoms with Crippen molar-refractivity contribution >= 4 is 50.4 Å². The molecular formula is C59H83N3O8S2. The first-order valence-electron chi connectivity index (χ1n) is 27.3. The Hall–Kier alpha value is -3.59. The molecule has 8 rings (SSSR count). The van der Waals surface area contributed by atoms with E-state index < -0.39 is 18.5 Å². The Bertz CT molecular complexity index is 2290. The van der Waals surface area contributed by atoms with Crippen LogP contribution >= 0.6 is 21.6 Å². The van der Waals surface area contributed by atoms with Crippen LogP contribution < -0.4 is 11.2 Å². The number of nitrogens with one attached hydrogen (secondary N) is 1. The molecule has 0 radical (unpaired) electrons. The van der Waals surface area contributed by atoms with Crippen molar-refractivity contribution in [2.24, 2.45) is 52.1 Å². The van der Waals surface area contributed by atoms with Crippen LogP contribution in [0.15, 0.2) is 78.4 Å². The van der Waals surface area contributed by atoms with E-state index in [4.69, 9.17) is 29.5 Å². The molecule has 3 N–H and O–H groups in total. The smallest absolute Gasteiger partial charge is 0.461 e. The minimum absolute atomic E-state index is 0.118. The molecule has 0 aromatic heterocycles. The number of esters is 1. The number of nitrogens with zero attached hydrogens (tertiary/aromatic N) is 1. The molecule has 1 saturated heterocycles. The van der Waals surface area contributed by atoms with Gasteiger partial charge in [0.05, 0.1) is 0 Å². The second kappa shape index (κ2) is 25.8. The maximum absolute atomic E-state index is 13.2. The van der Waals surface area contributed by atoms with E-state index in [1.165, 1.54) is 83.9 Å². The topological polar surface area (TPSA) is 139 Å². The monoisotopic (exact) mass is 1030 g/mol. The lowest BCUT2D eigenvalue weighted by Crippen LogP contribution is -2.51. The molecule has 1 amide bonds. The number of hydrogen-bond acceptors (Lipinski definition) is 12. The number of carbonyl (C=O) groups excluding carboxylic acids is 3. The van der Waals surface area contributed by atoms with Gasteiger partial charge in [0.15, 0.2) is 6.29 Å². The van der Waals surface area contributed by atoms with E-state index in [2.05, 4.69) is 81.4 Å². The third kappa shape index (κ3) is 14.0. The number of fused-ring (bicyclic) bond motifs is 6. The van der Waals surface area contributed by atoms with Gasteiger partial charge in [-0.05, 0) is 144 Å². The number of nitrogens with two attached hydrogens (primary N) is 1. The number of hydroxylamine groups is 1. The molecule has 2 unspecified atom stereocenters. The molecule has 10 atom stereocenters. The molecule has 11 nitrogen and oxygen atoms in total. The maximum Gasteiger partial charge on any atom is 0.508 e. The molecule has 3 saturated carbocycles. The summed E-state index contributed by atoms with van der Waals surface area (Å²) in [6, 6.07) is 21.4. The van der Waals surface area contributed by atoms with E-state index in [-0.39, 0.29) is 36.6 Å². The Kier molecular flexibility index (Phi) is 19.6. The molecule has 5 aliphatic rings. The molecule has 13 heteroatoms. The van der Waals surface area contributed by atoms with E-state index >= 15 is 0 Å². The molecule has 394 valence electrons. The number of ether oxygens (including phenoxy) is 4. The third-order valence-electron chi connectivity index (χ3n) is 17.5. The SMILES string of the molecule is CC(C)CCC[C@@H](C)[C@H]1CC[C@H]2[C@@H]3CC=C4CC(OC(=O)[C@@H](N)CSSCCOC(=O)OCCN(Cc5ccc(C(=O)NOC6CCCCO6)cc5)Cc5ccc6ccccc6c5)CC[C@]4(C)[C@H]3CC[C@]12C. The first-order chi connectivity index (χ1) is 34.8. The standard InChI is InChI=1S/C59H83N3O8S2/c1-40(2)11-10-12-41(3)50-24-25-51-49-23-22-47-36-48(26-28-58(47,4)52(49)27-29-59(50,51)5)69-56(64)53(60)39-72-71-34-33-68-57(65)67-32-30-62(38-43-18-19-44-13-6-7-14-46(44)35-43)37-42-16-20-45(21-17-42)55(63)61-70-54-15-8-9-31-66-54/h6-7,13-14,16-22,35,40-41,48-54H,8-12,15,23-34,36-39,60H2,1-5H3,(H,61,63)/t41-,48?,49+,50-,51+,52+,53+,54?,58+,59-/m1/s1. The van der Waals surface area contributed by atoms with Crippen LogP contribution in [0.1, 0.15) is 146 Å². The summed E-state index contributed by atoms with van der Waals surface area (Å²) in [5.74, 6) is 5.10. The van der Waals surface area contributed by atoms with Crippen LogP contribution in [0.2, 0.25) is 0 Å². The molecular weight excluding hydrogens is 943 g/mol. The van der Waals surface area contributed by atoms with Gasteiger partial charge in [0, 0.05) is 56.2 Å². The van der Waals surface area contributed by atoms with Crippen LogP contribution in [0, 0.1) is 46.3 Å². The Balaban J connectivity index is 0.727. The lowest BCUT2D eigenvalue weighted by molar-refractivity contribution is -0.186. The first kappa shape index (κ1) is 54.7. The van der Waals surface area contributed by atoms with Crippen molar-refractivity contribution in [3.63, 3.8) is 0 Å². The van der Waals surface area contributed by atoms with Gasteiger partial charge in [0.2, 0.25) is 0 Å². The van der Waals surface area contributed by atoms with Gasteiger partial charge >= 0.3 is 12.1 Å². The van der Waals surface area contributed by atoms with Crippen LogP contribution in [-0.2, 0) is 41.7 Å². The maximum atomic E-state index is 13.2. The average Bonchev–Trinajstić information content (AvgIpc) is 3.74. The van der Waals surface area contributed by atoms with Gasteiger partial charge in [-0.3, -0.25) is 14.5 Å². The Labute approximate surface area is 437 Å². The second-order valence-corrected chi connectivity index (χ2v) is 25.3. The Morgan fingerprint density at radius 3 is 2.42 bits per heavy atom. The molecule has 1 aliphatic heterocycles. The summed E-state index contributed by atoms with van der Waals surface area (Å²) in [6.45, 7) is 15.1. The molecule has 4 fully saturated rings. The Morgan fingerprint density at radius 1 is 0.847 bits per heavy atom. The number of amides is 1. The van der Waals surface area contributed by atoms with E-state index in [0.29, 0.717) is 48.7 Å². The van der Waals surface area contributed by atoms with Gasteiger partial charge in [-0.25, -0.2) is 15.1 Å². The number of rotatable bonds is 23. The van der Waals surface area contributed by atoms with E-state index in [1.54, 1.807) is 12.1 Å². The zero-order chi connectivity index (χ0) is 50.7. The quantitative estimate of drug-likeness (QED) is 0.0307. The number of hydrogen-bond donors (Lipinski definition) is 2. The minimum atomic E-state index is -0.721. The molecule has 1 heterocycles. The fraction of sp³-hybridized carbons (Fsp3) is 0.644. The van der Waals surface area contributed by atoms with E-state index in [0.717, 1.165) is 90.5 Å². The second-order valence-electron chi connectivity index (χ2n) is 22.7. The zero-order valence-corrected chi connectivity index (χ0v) is 45.4. The summed E-state index contributed by atoms with van der Waals surface area (Å²) in [6.07, 6.45) is 17.6. The van der Waals surface area contributed by atoms with Gasteiger partial charge in [0.1, 0.15) is 25.4 Å². The first-order valence-corrected chi connectivity index (χ1v) is 29.8. The summed E-state index contributed by atoms with van der Waals surface area (Å²) in [4.78, 5) is 46.3. The summed E-state index contributed by atoms with van der Waals surface area (Å²) in [7, 11) is 3.00. The highest BCUT2D eigenvalue weighted by atomic mass is 33.1. The highest BCUT2D eigenvalue weighted by Gasteiger charge is 2.59. The minimum Gasteiger partial charge on any atom is -0.461 e. The fourth-order valence-electron chi connectivity index (χ4n) is 13.5. The van der Waals surface area contributed by atoms with Crippen molar-refractivity contribution in [2.45, 2.75) is 156 Å². The van der Waals surface area contributed by atoms with Crippen molar-refractivity contribution in [3.8, 4) is 0 Å². The van der Waals surface area contributed by atoms with Gasteiger partial charge < -0.3 is 24.7 Å². The van der Waals surface area contributed by atoms with E-state index in [9.17, 15) is 14.4 Å². The van der Waals surface area contributed by atoms with Crippen molar-refractivity contribution in [3.05, 3.63) is 95.1 Å². The number of benzene rings is 3. The molecule has 72 heavy (non-hydrogen) atoms. The summed E-state index contributed by atoms with van der Waals surface area (Å²) in [5.41, 5.74) is 13.7. The highest BCUT2D eigenvalue weighted by Crippen LogP contribution is 2.67. The van der Waals surface area contributed by atoms with Crippen molar-refractivity contribution in [1.29, 1.82) is 0 Å². The van der Waals surface area contributed by atoms with E-state index in [1.807, 2.05) is 24.3 Å². The van der Waals surface area contributed by atoms with Gasteiger partial charge in [-0.15, -0.1) is 0 Å². The van der Waals surface area contributed by atoms with Gasteiger partial charge in [-0.1, -0.05) is 136 Å². The highest BCUT2D eigenvalue weighted by molar-refractivity contribution is 8.76. The molecule has 4 aliphatic carbocycles. The van der Waals surface area contributed by atoms with Crippen LogP contribution in [-0.4, -0.2) is 79.2 Å². The number of allylic oxidation sites excluding steroid dienone is 1. The van der Waals surface area contributed by atoms with Crippen LogP contribution in [0.4, 0.5) is 4.79 Å². The number of carbonyl (C=O) groups is 3. The molecule has 3 aromatic rings. The molecule has 0 spiro atoms. The van der Waals surface area contributed by atoms with Crippen LogP contribution in [0.25, 0.3) is 10.8 Å². The normalized spacial score (nSPS) is 27.8. The van der Waals surface area contributed by atoms with Crippen molar-refractivity contribution < 1.29 is 38.2 Å². The Morgan fingerprint density at radius 2 is 1.62 bits per heavy atom. The summed E-state index contributed by atoms with van der Waals surface area (Å²) in [5, 5.41) is 2.33. The lowest BCUT2D eigenvalue weighted by Gasteiger charge is -2.58. The predicted molar refractivity (Wildman–Crippen MR) is 290 cm³/mol. The lowest BCUT2D eigenvalue weighted by atomic mass is 9.47. The average molecular weight is 1030 g/mol. The largest absolute Gasteiger partial charge is 0.508 e. The fourth-order valence-corrected chi connectivity index (χ4v) is 15.5.